The summed E-state index contributed by atoms with van der Waals surface area (Å²) < 4.78 is 16.8. The molecule has 0 fully saturated rings. The zero-order valence-electron chi connectivity index (χ0n) is 17.2. The lowest BCUT2D eigenvalue weighted by atomic mass is 10.0. The Labute approximate surface area is 173 Å². The van der Waals surface area contributed by atoms with Gasteiger partial charge in [-0.25, -0.2) is 14.1 Å². The van der Waals surface area contributed by atoms with Gasteiger partial charge in [-0.15, -0.1) is 0 Å². The molecule has 1 aromatic carbocycles. The molecule has 4 aromatic rings. The quantitative estimate of drug-likeness (QED) is 0.492. The third-order valence-electron chi connectivity index (χ3n) is 5.18. The molecule has 0 radical (unpaired) electrons. The number of carbonyl (C=O) groups is 1. The van der Waals surface area contributed by atoms with E-state index in [9.17, 15) is 9.18 Å². The van der Waals surface area contributed by atoms with E-state index in [2.05, 4.69) is 15.2 Å². The zero-order chi connectivity index (χ0) is 21.3. The standard InChI is InChI=1S/C22H23FN6O/c1-4-28-18(9-12-25-28)13-27(3)20(30)14-29-22-21(15(2)26-29)19(10-11-24-22)16-5-7-17(23)8-6-16/h5-12H,4,13-14H2,1-3H3. The summed E-state index contributed by atoms with van der Waals surface area (Å²) in [6.07, 6.45) is 3.43. The minimum atomic E-state index is -0.283. The predicted octanol–water partition coefficient (Wildman–Crippen LogP) is 3.42. The van der Waals surface area contributed by atoms with Gasteiger partial charge in [0.05, 0.1) is 17.9 Å². The summed E-state index contributed by atoms with van der Waals surface area (Å²) in [5.41, 5.74) is 4.18. The van der Waals surface area contributed by atoms with E-state index in [-0.39, 0.29) is 18.3 Å². The summed E-state index contributed by atoms with van der Waals surface area (Å²) in [6.45, 7) is 5.21. The van der Waals surface area contributed by atoms with Crippen molar-refractivity contribution in [2.24, 2.45) is 0 Å². The van der Waals surface area contributed by atoms with Crippen molar-refractivity contribution in [1.82, 2.24) is 29.4 Å². The van der Waals surface area contributed by atoms with Crippen molar-refractivity contribution >= 4 is 16.9 Å². The fourth-order valence-electron chi connectivity index (χ4n) is 3.62. The van der Waals surface area contributed by atoms with Crippen molar-refractivity contribution in [2.45, 2.75) is 33.5 Å². The van der Waals surface area contributed by atoms with Crippen LogP contribution in [-0.2, 0) is 24.4 Å². The second-order valence-corrected chi connectivity index (χ2v) is 7.20. The number of rotatable bonds is 6. The van der Waals surface area contributed by atoms with Crippen LogP contribution in [0, 0.1) is 12.7 Å². The number of carbonyl (C=O) groups excluding carboxylic acids is 1. The van der Waals surface area contributed by atoms with Gasteiger partial charge >= 0.3 is 0 Å². The molecule has 3 heterocycles. The summed E-state index contributed by atoms with van der Waals surface area (Å²) in [6, 6.07) is 10.1. The van der Waals surface area contributed by atoms with Gasteiger partial charge in [0.2, 0.25) is 5.91 Å². The van der Waals surface area contributed by atoms with Gasteiger partial charge in [0, 0.05) is 31.4 Å². The molecule has 154 valence electrons. The van der Waals surface area contributed by atoms with Gasteiger partial charge in [-0.3, -0.25) is 9.48 Å². The number of benzene rings is 1. The maximum atomic E-state index is 13.3. The smallest absolute Gasteiger partial charge is 0.244 e. The van der Waals surface area contributed by atoms with Crippen LogP contribution in [0.2, 0.25) is 0 Å². The summed E-state index contributed by atoms with van der Waals surface area (Å²) >= 11 is 0. The SMILES string of the molecule is CCn1nccc1CN(C)C(=O)Cn1nc(C)c2c(-c3ccc(F)cc3)ccnc21. The molecule has 0 atom stereocenters. The van der Waals surface area contributed by atoms with E-state index in [4.69, 9.17) is 0 Å². The monoisotopic (exact) mass is 406 g/mol. The minimum absolute atomic E-state index is 0.0720. The predicted molar refractivity (Wildman–Crippen MR) is 112 cm³/mol. The van der Waals surface area contributed by atoms with Crippen molar-refractivity contribution in [1.29, 1.82) is 0 Å². The molecule has 7 nitrogen and oxygen atoms in total. The summed E-state index contributed by atoms with van der Waals surface area (Å²) in [5.74, 6) is -0.355. The second kappa shape index (κ2) is 8.06. The van der Waals surface area contributed by atoms with E-state index in [0.717, 1.165) is 34.4 Å². The van der Waals surface area contributed by atoms with Crippen molar-refractivity contribution in [3.63, 3.8) is 0 Å². The van der Waals surface area contributed by atoms with Crippen LogP contribution in [0.4, 0.5) is 4.39 Å². The molecule has 0 saturated carbocycles. The van der Waals surface area contributed by atoms with Crippen LogP contribution in [0.15, 0.2) is 48.8 Å². The van der Waals surface area contributed by atoms with Crippen LogP contribution < -0.4 is 0 Å². The van der Waals surface area contributed by atoms with E-state index in [1.165, 1.54) is 12.1 Å². The average Bonchev–Trinajstić information content (AvgIpc) is 3.32. The summed E-state index contributed by atoms with van der Waals surface area (Å²) in [4.78, 5) is 19.0. The molecule has 0 spiro atoms. The van der Waals surface area contributed by atoms with Crippen LogP contribution in [0.25, 0.3) is 22.2 Å². The third kappa shape index (κ3) is 3.68. The highest BCUT2D eigenvalue weighted by atomic mass is 19.1. The first-order chi connectivity index (χ1) is 14.5. The topological polar surface area (TPSA) is 68.8 Å². The molecule has 0 aliphatic heterocycles. The maximum absolute atomic E-state index is 13.3. The molecule has 0 aliphatic rings. The zero-order valence-corrected chi connectivity index (χ0v) is 17.2. The first-order valence-corrected chi connectivity index (χ1v) is 9.80. The lowest BCUT2D eigenvalue weighted by molar-refractivity contribution is -0.131. The van der Waals surface area contributed by atoms with Gasteiger partial charge in [0.1, 0.15) is 12.4 Å². The number of hydrogen-bond acceptors (Lipinski definition) is 4. The highest BCUT2D eigenvalue weighted by molar-refractivity contribution is 5.95. The lowest BCUT2D eigenvalue weighted by Crippen LogP contribution is -2.31. The number of pyridine rings is 1. The van der Waals surface area contributed by atoms with Crippen molar-refractivity contribution in [3.8, 4) is 11.1 Å². The van der Waals surface area contributed by atoms with Gasteiger partial charge in [-0.2, -0.15) is 10.2 Å². The first-order valence-electron chi connectivity index (χ1n) is 9.80. The van der Waals surface area contributed by atoms with Crippen molar-refractivity contribution < 1.29 is 9.18 Å². The van der Waals surface area contributed by atoms with Crippen LogP contribution in [0.5, 0.6) is 0 Å². The maximum Gasteiger partial charge on any atom is 0.244 e. The number of hydrogen-bond donors (Lipinski definition) is 0. The molecular formula is C22H23FN6O. The highest BCUT2D eigenvalue weighted by Gasteiger charge is 2.18. The molecule has 0 N–H and O–H groups in total. The normalized spacial score (nSPS) is 11.2. The Morgan fingerprint density at radius 2 is 1.87 bits per heavy atom. The molecular weight excluding hydrogens is 383 g/mol. The van der Waals surface area contributed by atoms with Crippen LogP contribution in [-0.4, -0.2) is 42.4 Å². The molecule has 8 heteroatoms. The van der Waals surface area contributed by atoms with E-state index < -0.39 is 0 Å². The Kier molecular flexibility index (Phi) is 5.31. The largest absolute Gasteiger partial charge is 0.338 e. The number of likely N-dealkylation sites (N-methyl/N-ethyl adjacent to an activating group) is 1. The third-order valence-corrected chi connectivity index (χ3v) is 5.18. The van der Waals surface area contributed by atoms with Gasteiger partial charge in [0.15, 0.2) is 5.65 Å². The Hall–Kier alpha value is -3.55. The molecule has 0 aliphatic carbocycles. The molecule has 30 heavy (non-hydrogen) atoms. The molecule has 0 unspecified atom stereocenters. The summed E-state index contributed by atoms with van der Waals surface area (Å²) in [5, 5.41) is 9.67. The van der Waals surface area contributed by atoms with E-state index in [0.29, 0.717) is 12.2 Å². The van der Waals surface area contributed by atoms with Gasteiger partial charge in [0.25, 0.3) is 0 Å². The second-order valence-electron chi connectivity index (χ2n) is 7.20. The van der Waals surface area contributed by atoms with Crippen LogP contribution >= 0.6 is 0 Å². The summed E-state index contributed by atoms with van der Waals surface area (Å²) in [7, 11) is 1.77. The molecule has 4 rings (SSSR count). The fourth-order valence-corrected chi connectivity index (χ4v) is 3.62. The Morgan fingerprint density at radius 3 is 2.60 bits per heavy atom. The van der Waals surface area contributed by atoms with E-state index in [1.54, 1.807) is 41.2 Å². The lowest BCUT2D eigenvalue weighted by Gasteiger charge is -2.18. The Bertz CT molecular complexity index is 1190. The molecule has 1 amide bonds. The Morgan fingerprint density at radius 1 is 1.10 bits per heavy atom. The van der Waals surface area contributed by atoms with Gasteiger partial charge < -0.3 is 4.90 Å². The molecule has 0 bridgehead atoms. The van der Waals surface area contributed by atoms with Crippen LogP contribution in [0.1, 0.15) is 18.3 Å². The van der Waals surface area contributed by atoms with Crippen molar-refractivity contribution in [2.75, 3.05) is 7.05 Å². The van der Waals surface area contributed by atoms with E-state index in [1.807, 2.05) is 30.7 Å². The van der Waals surface area contributed by atoms with Gasteiger partial charge in [-0.05, 0) is 49.2 Å². The number of aromatic nitrogens is 5. The van der Waals surface area contributed by atoms with Crippen molar-refractivity contribution in [3.05, 3.63) is 66.0 Å². The molecule has 0 saturated heterocycles. The fraction of sp³-hybridized carbons (Fsp3) is 0.273. The number of fused-ring (bicyclic) bond motifs is 1. The average molecular weight is 406 g/mol. The number of amides is 1. The van der Waals surface area contributed by atoms with E-state index >= 15 is 0 Å². The number of nitrogens with zero attached hydrogens (tertiary/aromatic N) is 6. The minimum Gasteiger partial charge on any atom is -0.338 e. The molecule has 3 aromatic heterocycles. The Balaban J connectivity index is 1.61. The highest BCUT2D eigenvalue weighted by Crippen LogP contribution is 2.30. The number of halogens is 1. The number of aryl methyl sites for hydroxylation is 2. The first kappa shape index (κ1) is 19.8. The van der Waals surface area contributed by atoms with Gasteiger partial charge in [-0.1, -0.05) is 12.1 Å². The van der Waals surface area contributed by atoms with Crippen LogP contribution in [0.3, 0.4) is 0 Å².